The fourth-order valence-corrected chi connectivity index (χ4v) is 3.16. The molecule has 0 unspecified atom stereocenters. The largest absolute Gasteiger partial charge is 0.545 e. The van der Waals surface area contributed by atoms with E-state index >= 15 is 0 Å². The van der Waals surface area contributed by atoms with Crippen molar-refractivity contribution in [3.8, 4) is 17.4 Å². The first kappa shape index (κ1) is 18.5. The average molecular weight is 403 g/mol. The number of rotatable bonds is 4. The smallest absolute Gasteiger partial charge is 0.149 e. The summed E-state index contributed by atoms with van der Waals surface area (Å²) < 4.78 is 5.77. The molecule has 0 spiro atoms. The number of hydrogen-bond donors (Lipinski definition) is 1. The lowest BCUT2D eigenvalue weighted by Crippen LogP contribution is -2.22. The molecule has 4 rings (SSSR count). The van der Waals surface area contributed by atoms with Gasteiger partial charge < -0.3 is 19.3 Å². The molecular weight excluding hydrogens is 390 g/mol. The van der Waals surface area contributed by atoms with E-state index < -0.39 is 5.97 Å². The Hall–Kier alpha value is -3.82. The summed E-state index contributed by atoms with van der Waals surface area (Å²) in [5.74, 6) is -0.0572. The van der Waals surface area contributed by atoms with Crippen molar-refractivity contribution in [2.24, 2.45) is 0 Å². The summed E-state index contributed by atoms with van der Waals surface area (Å²) in [5, 5.41) is 20.8. The summed E-state index contributed by atoms with van der Waals surface area (Å²) in [5.41, 5.74) is 3.43. The van der Waals surface area contributed by atoms with E-state index in [1.807, 2.05) is 25.1 Å². The molecule has 0 bridgehead atoms. The minimum Gasteiger partial charge on any atom is -0.545 e. The quantitative estimate of drug-likeness (QED) is 0.514. The van der Waals surface area contributed by atoms with Crippen LogP contribution in [-0.2, 0) is 0 Å². The summed E-state index contributed by atoms with van der Waals surface area (Å²) in [6.45, 7) is 1.98. The van der Waals surface area contributed by atoms with Crippen molar-refractivity contribution in [1.82, 2.24) is 9.97 Å². The summed E-state index contributed by atoms with van der Waals surface area (Å²) in [7, 11) is 0. The van der Waals surface area contributed by atoms with Crippen molar-refractivity contribution >= 4 is 40.3 Å². The van der Waals surface area contributed by atoms with E-state index in [4.69, 9.17) is 16.0 Å². The summed E-state index contributed by atoms with van der Waals surface area (Å²) in [6, 6.07) is 15.8. The standard InChI is InChI=1S/C22H14ClN3O3/c1-12-2-6-18-19(8-12)26-21(25-18)14(11-24)9-15-4-7-20(29-15)13-3-5-17(23)16(10-13)22(27)28/h2-10H,1H3,(H,25,26)(H,27,28)/p-1/b14-9+. The van der Waals surface area contributed by atoms with Crippen LogP contribution in [0.4, 0.5) is 0 Å². The van der Waals surface area contributed by atoms with Crippen molar-refractivity contribution in [1.29, 1.82) is 5.26 Å². The van der Waals surface area contributed by atoms with Gasteiger partial charge in [-0.05, 0) is 55.0 Å². The number of aromatic amines is 1. The highest BCUT2D eigenvalue weighted by molar-refractivity contribution is 6.33. The molecule has 0 aliphatic carbocycles. The predicted molar refractivity (Wildman–Crippen MR) is 108 cm³/mol. The zero-order valence-corrected chi connectivity index (χ0v) is 15.9. The minimum absolute atomic E-state index is 0.0901. The van der Waals surface area contributed by atoms with Gasteiger partial charge in [-0.25, -0.2) is 4.98 Å². The Kier molecular flexibility index (Phi) is 4.67. The molecule has 0 aliphatic rings. The van der Waals surface area contributed by atoms with Gasteiger partial charge in [0.1, 0.15) is 23.4 Å². The predicted octanol–water partition coefficient (Wildman–Crippen LogP) is 4.21. The van der Waals surface area contributed by atoms with E-state index in [1.54, 1.807) is 24.3 Å². The van der Waals surface area contributed by atoms with E-state index in [0.29, 0.717) is 28.5 Å². The number of benzene rings is 2. The Bertz CT molecular complexity index is 1320. The molecule has 4 aromatic rings. The number of carbonyl (C=O) groups is 1. The number of fused-ring (bicyclic) bond motifs is 1. The molecule has 0 saturated carbocycles. The van der Waals surface area contributed by atoms with Crippen LogP contribution in [0.3, 0.4) is 0 Å². The Morgan fingerprint density at radius 3 is 2.83 bits per heavy atom. The number of nitriles is 1. The highest BCUT2D eigenvalue weighted by Crippen LogP contribution is 2.28. The maximum absolute atomic E-state index is 11.2. The number of hydrogen-bond acceptors (Lipinski definition) is 5. The first-order valence-electron chi connectivity index (χ1n) is 8.64. The second kappa shape index (κ2) is 7.30. The fraction of sp³-hybridized carbons (Fsp3) is 0.0455. The average Bonchev–Trinajstić information content (AvgIpc) is 3.32. The van der Waals surface area contributed by atoms with Gasteiger partial charge in [0.2, 0.25) is 0 Å². The molecule has 2 aromatic heterocycles. The van der Waals surface area contributed by atoms with Gasteiger partial charge in [0, 0.05) is 22.2 Å². The maximum Gasteiger partial charge on any atom is 0.149 e. The lowest BCUT2D eigenvalue weighted by Gasteiger charge is -2.06. The summed E-state index contributed by atoms with van der Waals surface area (Å²) >= 11 is 5.88. The number of aromatic nitrogens is 2. The Morgan fingerprint density at radius 1 is 1.24 bits per heavy atom. The minimum atomic E-state index is -1.37. The van der Waals surface area contributed by atoms with E-state index in [2.05, 4.69) is 16.0 Å². The number of aromatic carboxylic acids is 1. The van der Waals surface area contributed by atoms with Crippen LogP contribution in [0.25, 0.3) is 34.0 Å². The molecule has 2 heterocycles. The number of carbonyl (C=O) groups excluding carboxylic acids is 1. The molecule has 0 radical (unpaired) electrons. The molecule has 0 saturated heterocycles. The van der Waals surface area contributed by atoms with Crippen molar-refractivity contribution in [3.63, 3.8) is 0 Å². The topological polar surface area (TPSA) is 106 Å². The molecule has 0 aliphatic heterocycles. The van der Waals surface area contributed by atoms with Gasteiger partial charge in [-0.15, -0.1) is 0 Å². The molecule has 29 heavy (non-hydrogen) atoms. The number of furan rings is 1. The van der Waals surface area contributed by atoms with Crippen LogP contribution in [0.2, 0.25) is 5.02 Å². The van der Waals surface area contributed by atoms with Gasteiger partial charge in [-0.1, -0.05) is 17.7 Å². The first-order valence-corrected chi connectivity index (χ1v) is 9.02. The zero-order chi connectivity index (χ0) is 20.5. The second-order valence-electron chi connectivity index (χ2n) is 6.46. The van der Waals surface area contributed by atoms with Crippen molar-refractivity contribution in [2.45, 2.75) is 6.92 Å². The van der Waals surface area contributed by atoms with Crippen LogP contribution in [0.15, 0.2) is 52.9 Å². The molecule has 0 amide bonds. The number of carboxylic acids is 1. The molecule has 6 nitrogen and oxygen atoms in total. The van der Waals surface area contributed by atoms with Crippen LogP contribution >= 0.6 is 11.6 Å². The number of carboxylic acid groups (broad SMARTS) is 1. The number of imidazole rings is 1. The lowest BCUT2D eigenvalue weighted by atomic mass is 10.1. The summed E-state index contributed by atoms with van der Waals surface area (Å²) in [4.78, 5) is 18.8. The van der Waals surface area contributed by atoms with E-state index in [-0.39, 0.29) is 10.6 Å². The van der Waals surface area contributed by atoms with Crippen LogP contribution in [-0.4, -0.2) is 15.9 Å². The third kappa shape index (κ3) is 3.64. The zero-order valence-electron chi connectivity index (χ0n) is 15.2. The van der Waals surface area contributed by atoms with Gasteiger partial charge in [-0.3, -0.25) is 0 Å². The van der Waals surface area contributed by atoms with E-state index in [0.717, 1.165) is 16.6 Å². The third-order valence-corrected chi connectivity index (χ3v) is 4.73. The van der Waals surface area contributed by atoms with Crippen molar-refractivity contribution in [3.05, 3.63) is 76.3 Å². The summed E-state index contributed by atoms with van der Waals surface area (Å²) in [6.07, 6.45) is 1.57. The number of nitrogens with one attached hydrogen (secondary N) is 1. The van der Waals surface area contributed by atoms with Crippen LogP contribution in [0.1, 0.15) is 27.5 Å². The second-order valence-corrected chi connectivity index (χ2v) is 6.87. The van der Waals surface area contributed by atoms with Gasteiger partial charge in [0.25, 0.3) is 0 Å². The number of H-pyrrole nitrogens is 1. The normalized spacial score (nSPS) is 11.6. The van der Waals surface area contributed by atoms with Gasteiger partial charge in [-0.2, -0.15) is 5.26 Å². The molecule has 7 heteroatoms. The van der Waals surface area contributed by atoms with Crippen molar-refractivity contribution < 1.29 is 14.3 Å². The Balaban J connectivity index is 1.69. The third-order valence-electron chi connectivity index (χ3n) is 4.40. The molecule has 0 atom stereocenters. The van der Waals surface area contributed by atoms with Gasteiger partial charge in [0.15, 0.2) is 0 Å². The molecule has 142 valence electrons. The molecule has 2 aromatic carbocycles. The molecular formula is C22H13ClN3O3-. The number of aryl methyl sites for hydroxylation is 1. The number of halogens is 1. The number of nitrogens with zero attached hydrogens (tertiary/aromatic N) is 2. The Labute approximate surface area is 170 Å². The van der Waals surface area contributed by atoms with E-state index in [9.17, 15) is 15.2 Å². The van der Waals surface area contributed by atoms with Gasteiger partial charge in [0.05, 0.1) is 22.6 Å². The van der Waals surface area contributed by atoms with E-state index in [1.165, 1.54) is 12.1 Å². The highest BCUT2D eigenvalue weighted by Gasteiger charge is 2.11. The maximum atomic E-state index is 11.2. The highest BCUT2D eigenvalue weighted by atomic mass is 35.5. The SMILES string of the molecule is Cc1ccc2nc(/C(C#N)=C/c3ccc(-c4ccc(Cl)c(C(=O)[O-])c4)o3)[nH]c2c1. The van der Waals surface area contributed by atoms with Gasteiger partial charge >= 0.3 is 0 Å². The fourth-order valence-electron chi connectivity index (χ4n) is 2.97. The molecule has 0 fully saturated rings. The Morgan fingerprint density at radius 2 is 2.07 bits per heavy atom. The lowest BCUT2D eigenvalue weighted by molar-refractivity contribution is -0.255. The van der Waals surface area contributed by atoms with Crippen LogP contribution < -0.4 is 5.11 Å². The molecule has 1 N–H and O–H groups in total. The van der Waals surface area contributed by atoms with Crippen molar-refractivity contribution in [2.75, 3.05) is 0 Å². The first-order chi connectivity index (χ1) is 13.9. The number of allylic oxidation sites excluding steroid dienone is 1. The van der Waals surface area contributed by atoms with Crippen LogP contribution in [0, 0.1) is 18.3 Å². The monoisotopic (exact) mass is 402 g/mol. The van der Waals surface area contributed by atoms with Crippen LogP contribution in [0.5, 0.6) is 0 Å².